The van der Waals surface area contributed by atoms with Crippen molar-refractivity contribution in [3.63, 3.8) is 0 Å². The Morgan fingerprint density at radius 1 is 1.21 bits per heavy atom. The Morgan fingerprint density at radius 3 is 2.47 bits per heavy atom. The van der Waals surface area contributed by atoms with Crippen LogP contribution in [0, 0.1) is 0 Å². The SMILES string of the molecule is CC(C)NC(=O)CC(CCCCCl)c1ccccc1. The first kappa shape index (κ1) is 16.0. The summed E-state index contributed by atoms with van der Waals surface area (Å²) in [6, 6.07) is 10.5. The van der Waals surface area contributed by atoms with E-state index >= 15 is 0 Å². The van der Waals surface area contributed by atoms with Gasteiger partial charge in [-0.3, -0.25) is 4.79 Å². The predicted molar refractivity (Wildman–Crippen MR) is 81.6 cm³/mol. The minimum absolute atomic E-state index is 0.134. The molecule has 1 rings (SSSR count). The van der Waals surface area contributed by atoms with Crippen LogP contribution in [0.1, 0.15) is 51.0 Å². The molecule has 1 aromatic carbocycles. The molecule has 106 valence electrons. The molecule has 0 spiro atoms. The fourth-order valence-corrected chi connectivity index (χ4v) is 2.39. The predicted octanol–water partition coefficient (Wildman–Crippen LogP) is 4.09. The van der Waals surface area contributed by atoms with Gasteiger partial charge in [-0.15, -0.1) is 11.6 Å². The largest absolute Gasteiger partial charge is 0.354 e. The maximum absolute atomic E-state index is 11.9. The minimum Gasteiger partial charge on any atom is -0.354 e. The van der Waals surface area contributed by atoms with Crippen LogP contribution in [0.2, 0.25) is 0 Å². The van der Waals surface area contributed by atoms with E-state index in [9.17, 15) is 4.79 Å². The Hall–Kier alpha value is -1.02. The van der Waals surface area contributed by atoms with E-state index in [0.29, 0.717) is 18.2 Å². The summed E-state index contributed by atoms with van der Waals surface area (Å²) in [5.41, 5.74) is 1.25. The van der Waals surface area contributed by atoms with Gasteiger partial charge in [-0.2, -0.15) is 0 Å². The van der Waals surface area contributed by atoms with Crippen LogP contribution in [0.3, 0.4) is 0 Å². The molecule has 0 radical (unpaired) electrons. The normalized spacial score (nSPS) is 12.4. The van der Waals surface area contributed by atoms with Crippen molar-refractivity contribution in [2.45, 2.75) is 51.5 Å². The second-order valence-corrected chi connectivity index (χ2v) is 5.60. The molecule has 1 aromatic rings. The van der Waals surface area contributed by atoms with Crippen LogP contribution >= 0.6 is 11.6 Å². The number of unbranched alkanes of at least 4 members (excludes halogenated alkanes) is 1. The van der Waals surface area contributed by atoms with Crippen LogP contribution < -0.4 is 5.32 Å². The molecule has 0 bridgehead atoms. The highest BCUT2D eigenvalue weighted by molar-refractivity contribution is 6.17. The zero-order valence-electron chi connectivity index (χ0n) is 11.9. The summed E-state index contributed by atoms with van der Waals surface area (Å²) in [6.07, 6.45) is 3.65. The van der Waals surface area contributed by atoms with E-state index in [1.54, 1.807) is 0 Å². The summed E-state index contributed by atoms with van der Waals surface area (Å²) in [5.74, 6) is 1.12. The number of hydrogen-bond acceptors (Lipinski definition) is 1. The van der Waals surface area contributed by atoms with E-state index in [2.05, 4.69) is 17.4 Å². The number of rotatable bonds is 8. The molecule has 0 heterocycles. The molecular formula is C16H24ClNO. The van der Waals surface area contributed by atoms with Crippen LogP contribution in [0.25, 0.3) is 0 Å². The Morgan fingerprint density at radius 2 is 1.89 bits per heavy atom. The third kappa shape index (κ3) is 6.63. The molecule has 3 heteroatoms. The lowest BCUT2D eigenvalue weighted by molar-refractivity contribution is -0.122. The summed E-state index contributed by atoms with van der Waals surface area (Å²) < 4.78 is 0. The highest BCUT2D eigenvalue weighted by Crippen LogP contribution is 2.25. The van der Waals surface area contributed by atoms with Crippen LogP contribution in [0.15, 0.2) is 30.3 Å². The van der Waals surface area contributed by atoms with E-state index in [-0.39, 0.29) is 11.9 Å². The topological polar surface area (TPSA) is 29.1 Å². The molecular weight excluding hydrogens is 258 g/mol. The maximum Gasteiger partial charge on any atom is 0.220 e. The summed E-state index contributed by atoms with van der Waals surface area (Å²) in [5, 5.41) is 2.97. The second-order valence-electron chi connectivity index (χ2n) is 5.22. The molecule has 0 fully saturated rings. The average molecular weight is 282 g/mol. The van der Waals surface area contributed by atoms with Gasteiger partial charge >= 0.3 is 0 Å². The van der Waals surface area contributed by atoms with Crippen LogP contribution in [0.5, 0.6) is 0 Å². The van der Waals surface area contributed by atoms with E-state index < -0.39 is 0 Å². The van der Waals surface area contributed by atoms with Crippen molar-refractivity contribution in [2.24, 2.45) is 0 Å². The molecule has 1 atom stereocenters. The lowest BCUT2D eigenvalue weighted by Gasteiger charge is -2.18. The van der Waals surface area contributed by atoms with Crippen molar-refractivity contribution in [2.75, 3.05) is 5.88 Å². The number of carbonyl (C=O) groups excluding carboxylic acids is 1. The minimum atomic E-state index is 0.134. The van der Waals surface area contributed by atoms with Gasteiger partial charge in [0.1, 0.15) is 0 Å². The zero-order chi connectivity index (χ0) is 14.1. The van der Waals surface area contributed by atoms with Crippen molar-refractivity contribution in [3.05, 3.63) is 35.9 Å². The van der Waals surface area contributed by atoms with Crippen molar-refractivity contribution >= 4 is 17.5 Å². The second kappa shape index (κ2) is 8.98. The first-order valence-corrected chi connectivity index (χ1v) is 7.57. The van der Waals surface area contributed by atoms with Gasteiger partial charge in [-0.05, 0) is 38.2 Å². The molecule has 0 aromatic heterocycles. The van der Waals surface area contributed by atoms with E-state index in [1.807, 2.05) is 32.0 Å². The monoisotopic (exact) mass is 281 g/mol. The fraction of sp³-hybridized carbons (Fsp3) is 0.562. The summed E-state index contributed by atoms with van der Waals surface area (Å²) in [7, 11) is 0. The highest BCUT2D eigenvalue weighted by Gasteiger charge is 2.16. The average Bonchev–Trinajstić information content (AvgIpc) is 2.38. The molecule has 1 unspecified atom stereocenters. The fourth-order valence-electron chi connectivity index (χ4n) is 2.20. The quantitative estimate of drug-likeness (QED) is 0.564. The van der Waals surface area contributed by atoms with Crippen molar-refractivity contribution < 1.29 is 4.79 Å². The van der Waals surface area contributed by atoms with E-state index in [4.69, 9.17) is 11.6 Å². The third-order valence-corrected chi connectivity index (χ3v) is 3.36. The van der Waals surface area contributed by atoms with Gasteiger partial charge in [0.2, 0.25) is 5.91 Å². The van der Waals surface area contributed by atoms with Gasteiger partial charge in [0.05, 0.1) is 0 Å². The number of alkyl halides is 1. The van der Waals surface area contributed by atoms with E-state index in [1.165, 1.54) is 5.56 Å². The standard InChI is InChI=1S/C16H24ClNO/c1-13(2)18-16(19)12-15(10-6-7-11-17)14-8-4-3-5-9-14/h3-5,8-9,13,15H,6-7,10-12H2,1-2H3,(H,18,19). The van der Waals surface area contributed by atoms with Crippen molar-refractivity contribution in [3.8, 4) is 0 Å². The first-order valence-electron chi connectivity index (χ1n) is 7.03. The molecule has 1 amide bonds. The van der Waals surface area contributed by atoms with Gasteiger partial charge in [-0.25, -0.2) is 0 Å². The molecule has 0 aliphatic carbocycles. The molecule has 19 heavy (non-hydrogen) atoms. The number of halogens is 1. The lowest BCUT2D eigenvalue weighted by atomic mass is 9.90. The van der Waals surface area contributed by atoms with E-state index in [0.717, 1.165) is 19.3 Å². The smallest absolute Gasteiger partial charge is 0.220 e. The summed E-state index contributed by atoms with van der Waals surface area (Å²) >= 11 is 5.73. The highest BCUT2D eigenvalue weighted by atomic mass is 35.5. The molecule has 1 N–H and O–H groups in total. The van der Waals surface area contributed by atoms with Crippen LogP contribution in [-0.4, -0.2) is 17.8 Å². The third-order valence-electron chi connectivity index (χ3n) is 3.09. The molecule has 0 aliphatic heterocycles. The van der Waals surface area contributed by atoms with Crippen LogP contribution in [-0.2, 0) is 4.79 Å². The number of amides is 1. The number of benzene rings is 1. The summed E-state index contributed by atoms with van der Waals surface area (Å²) in [6.45, 7) is 3.98. The molecule has 0 aliphatic rings. The molecule has 0 saturated carbocycles. The Balaban J connectivity index is 2.61. The number of hydrogen-bond donors (Lipinski definition) is 1. The maximum atomic E-state index is 11.9. The lowest BCUT2D eigenvalue weighted by Crippen LogP contribution is -2.31. The zero-order valence-corrected chi connectivity index (χ0v) is 12.6. The van der Waals surface area contributed by atoms with Crippen LogP contribution in [0.4, 0.5) is 0 Å². The Labute approximate surface area is 121 Å². The van der Waals surface area contributed by atoms with Gasteiger partial charge < -0.3 is 5.32 Å². The Kier molecular flexibility index (Phi) is 7.57. The van der Waals surface area contributed by atoms with Gasteiger partial charge in [0.15, 0.2) is 0 Å². The first-order chi connectivity index (χ1) is 9.13. The van der Waals surface area contributed by atoms with Gasteiger partial charge in [-0.1, -0.05) is 36.8 Å². The summed E-state index contributed by atoms with van der Waals surface area (Å²) in [4.78, 5) is 11.9. The molecule has 2 nitrogen and oxygen atoms in total. The van der Waals surface area contributed by atoms with Crippen molar-refractivity contribution in [1.82, 2.24) is 5.32 Å². The number of carbonyl (C=O) groups is 1. The number of nitrogens with one attached hydrogen (secondary N) is 1. The van der Waals surface area contributed by atoms with Crippen molar-refractivity contribution in [1.29, 1.82) is 0 Å². The Bertz CT molecular complexity index is 364. The van der Waals surface area contributed by atoms with Gasteiger partial charge in [0, 0.05) is 18.3 Å². The van der Waals surface area contributed by atoms with Gasteiger partial charge in [0.25, 0.3) is 0 Å². The molecule has 0 saturated heterocycles.